The molecule has 1 amide bonds. The van der Waals surface area contributed by atoms with E-state index in [2.05, 4.69) is 4.98 Å². The Balaban J connectivity index is 2.26. The van der Waals surface area contributed by atoms with Crippen LogP contribution in [0.4, 0.5) is 10.6 Å². The molecule has 12 nitrogen and oxygen atoms in total. The number of carboxylic acid groups (broad SMARTS) is 1. The summed E-state index contributed by atoms with van der Waals surface area (Å²) in [5.41, 5.74) is 0. The first kappa shape index (κ1) is 16.8. The summed E-state index contributed by atoms with van der Waals surface area (Å²) in [5, 5.41) is 39.8. The standard InChI is InChI=1S/C9H14N3O9P/c13-4-5(14)7(21-6(4)8(15)22(18,19)20)12-2-10-1-3(12)11-9(16)17/h1-2,4-8,11,13-15H,(H,16,17)(H2,18,19,20)/t4-,5+,6-,7?,8?/m0/s1. The highest BCUT2D eigenvalue weighted by Crippen LogP contribution is 2.46. The zero-order valence-corrected chi connectivity index (χ0v) is 11.7. The number of rotatable bonds is 4. The van der Waals surface area contributed by atoms with Crippen molar-refractivity contribution in [2.75, 3.05) is 5.32 Å². The van der Waals surface area contributed by atoms with E-state index in [4.69, 9.17) is 19.6 Å². The number of anilines is 1. The number of ether oxygens (including phenoxy) is 1. The van der Waals surface area contributed by atoms with Crippen LogP contribution < -0.4 is 5.32 Å². The topological polar surface area (TPSA) is 195 Å². The van der Waals surface area contributed by atoms with Crippen LogP contribution in [-0.4, -0.2) is 70.0 Å². The van der Waals surface area contributed by atoms with Crippen LogP contribution in [0.15, 0.2) is 12.5 Å². The number of nitrogens with one attached hydrogen (secondary N) is 1. The van der Waals surface area contributed by atoms with Crippen molar-refractivity contribution in [3.05, 3.63) is 12.5 Å². The third-order valence-electron chi connectivity index (χ3n) is 3.09. The maximum absolute atomic E-state index is 11.0. The van der Waals surface area contributed by atoms with Gasteiger partial charge in [0.15, 0.2) is 12.1 Å². The summed E-state index contributed by atoms with van der Waals surface area (Å²) >= 11 is 0. The van der Waals surface area contributed by atoms with E-state index in [1.807, 2.05) is 5.32 Å². The van der Waals surface area contributed by atoms with Gasteiger partial charge in [-0.15, -0.1) is 0 Å². The minimum absolute atomic E-state index is 0.102. The molecule has 0 saturated carbocycles. The molecule has 0 bridgehead atoms. The smallest absolute Gasteiger partial charge is 0.410 e. The van der Waals surface area contributed by atoms with Gasteiger partial charge in [-0.25, -0.2) is 9.78 Å². The lowest BCUT2D eigenvalue weighted by atomic mass is 10.1. The molecular formula is C9H14N3O9P. The van der Waals surface area contributed by atoms with Gasteiger partial charge in [-0.2, -0.15) is 0 Å². The maximum atomic E-state index is 11.0. The summed E-state index contributed by atoms with van der Waals surface area (Å²) in [4.78, 5) is 32.1. The first-order valence-corrected chi connectivity index (χ1v) is 7.57. The zero-order valence-electron chi connectivity index (χ0n) is 10.8. The summed E-state index contributed by atoms with van der Waals surface area (Å²) in [7, 11) is -4.98. The molecule has 7 N–H and O–H groups in total. The third kappa shape index (κ3) is 3.13. The lowest BCUT2D eigenvalue weighted by molar-refractivity contribution is -0.0669. The van der Waals surface area contributed by atoms with Crippen LogP contribution in [0.2, 0.25) is 0 Å². The second kappa shape index (κ2) is 5.93. The largest absolute Gasteiger partial charge is 0.465 e. The SMILES string of the molecule is O=C(O)Nc1cncn1C1O[C@H](C(O)P(=O)(O)O)[C@@H](O)[C@H]1O. The fraction of sp³-hybridized carbons (Fsp3) is 0.556. The molecule has 0 aromatic carbocycles. The van der Waals surface area contributed by atoms with Crippen molar-refractivity contribution in [2.45, 2.75) is 30.4 Å². The van der Waals surface area contributed by atoms with Crippen molar-refractivity contribution in [3.8, 4) is 0 Å². The van der Waals surface area contributed by atoms with E-state index in [-0.39, 0.29) is 5.82 Å². The summed E-state index contributed by atoms with van der Waals surface area (Å²) < 4.78 is 17.1. The highest BCUT2D eigenvalue weighted by Gasteiger charge is 2.51. The van der Waals surface area contributed by atoms with Gasteiger partial charge in [0.2, 0.25) is 0 Å². The predicted octanol–water partition coefficient (Wildman–Crippen LogP) is -1.91. The van der Waals surface area contributed by atoms with Crippen LogP contribution in [0.5, 0.6) is 0 Å². The number of carbonyl (C=O) groups is 1. The second-order valence-corrected chi connectivity index (χ2v) is 6.30. The van der Waals surface area contributed by atoms with Gasteiger partial charge >= 0.3 is 13.7 Å². The lowest BCUT2D eigenvalue weighted by Crippen LogP contribution is -2.38. The minimum atomic E-state index is -4.98. The van der Waals surface area contributed by atoms with Crippen LogP contribution in [-0.2, 0) is 9.30 Å². The van der Waals surface area contributed by atoms with Gasteiger partial charge in [0.25, 0.3) is 0 Å². The molecule has 1 aromatic rings. The Hall–Kier alpha value is -1.53. The highest BCUT2D eigenvalue weighted by molar-refractivity contribution is 7.52. The Morgan fingerprint density at radius 2 is 2.05 bits per heavy atom. The Morgan fingerprint density at radius 3 is 2.59 bits per heavy atom. The summed E-state index contributed by atoms with van der Waals surface area (Å²) in [6, 6.07) is 0. The van der Waals surface area contributed by atoms with Gasteiger partial charge in [0.05, 0.1) is 12.5 Å². The fourth-order valence-electron chi connectivity index (χ4n) is 2.07. The monoisotopic (exact) mass is 339 g/mol. The molecule has 2 unspecified atom stereocenters. The van der Waals surface area contributed by atoms with Crippen molar-refractivity contribution >= 4 is 19.5 Å². The zero-order chi connectivity index (χ0) is 16.7. The van der Waals surface area contributed by atoms with Gasteiger partial charge in [0, 0.05) is 0 Å². The molecule has 1 aromatic heterocycles. The van der Waals surface area contributed by atoms with E-state index in [0.717, 1.165) is 17.1 Å². The normalized spacial score (nSPS) is 30.2. The van der Waals surface area contributed by atoms with Gasteiger partial charge in [-0.1, -0.05) is 0 Å². The van der Waals surface area contributed by atoms with Crippen LogP contribution >= 0.6 is 7.60 Å². The average molecular weight is 339 g/mol. The van der Waals surface area contributed by atoms with Crippen LogP contribution in [0.25, 0.3) is 0 Å². The summed E-state index contributed by atoms with van der Waals surface area (Å²) in [5.74, 6) is -2.45. The summed E-state index contributed by atoms with van der Waals surface area (Å²) in [6.45, 7) is 0. The molecule has 1 aliphatic heterocycles. The quantitative estimate of drug-likeness (QED) is 0.304. The molecule has 5 atom stereocenters. The number of aliphatic hydroxyl groups is 3. The van der Waals surface area contributed by atoms with E-state index < -0.39 is 44.1 Å². The first-order chi connectivity index (χ1) is 10.1. The van der Waals surface area contributed by atoms with Crippen LogP contribution in [0.3, 0.4) is 0 Å². The van der Waals surface area contributed by atoms with E-state index in [0.29, 0.717) is 0 Å². The van der Waals surface area contributed by atoms with Crippen LogP contribution in [0.1, 0.15) is 6.23 Å². The number of aliphatic hydroxyl groups excluding tert-OH is 3. The van der Waals surface area contributed by atoms with Gasteiger partial charge in [0.1, 0.15) is 24.1 Å². The number of hydrogen-bond acceptors (Lipinski definition) is 7. The van der Waals surface area contributed by atoms with Crippen molar-refractivity contribution in [3.63, 3.8) is 0 Å². The molecule has 0 aliphatic carbocycles. The third-order valence-corrected chi connectivity index (χ3v) is 4.07. The Kier molecular flexibility index (Phi) is 4.54. The highest BCUT2D eigenvalue weighted by atomic mass is 31.2. The summed E-state index contributed by atoms with van der Waals surface area (Å²) in [6.07, 6.45) is -5.86. The van der Waals surface area contributed by atoms with E-state index in [1.165, 1.54) is 0 Å². The van der Waals surface area contributed by atoms with Crippen molar-refractivity contribution < 1.29 is 44.3 Å². The Morgan fingerprint density at radius 1 is 1.41 bits per heavy atom. The number of hydrogen-bond donors (Lipinski definition) is 7. The first-order valence-electron chi connectivity index (χ1n) is 5.89. The minimum Gasteiger partial charge on any atom is -0.465 e. The molecule has 2 rings (SSSR count). The Bertz CT molecular complexity index is 601. The van der Waals surface area contributed by atoms with Gasteiger partial charge < -0.3 is 34.9 Å². The average Bonchev–Trinajstić information content (AvgIpc) is 2.94. The van der Waals surface area contributed by atoms with E-state index in [1.54, 1.807) is 0 Å². The maximum Gasteiger partial charge on any atom is 0.410 e. The number of nitrogens with zero attached hydrogens (tertiary/aromatic N) is 2. The molecular weight excluding hydrogens is 325 g/mol. The molecule has 2 heterocycles. The molecule has 0 spiro atoms. The molecule has 0 radical (unpaired) electrons. The molecule has 124 valence electrons. The molecule has 1 aliphatic rings. The Labute approximate surface area is 122 Å². The van der Waals surface area contributed by atoms with Gasteiger partial charge in [-0.05, 0) is 0 Å². The molecule has 1 saturated heterocycles. The van der Waals surface area contributed by atoms with E-state index >= 15 is 0 Å². The number of amides is 1. The van der Waals surface area contributed by atoms with Crippen molar-refractivity contribution in [1.82, 2.24) is 9.55 Å². The van der Waals surface area contributed by atoms with E-state index in [9.17, 15) is 24.7 Å². The second-order valence-electron chi connectivity index (χ2n) is 4.59. The van der Waals surface area contributed by atoms with Gasteiger partial charge in [-0.3, -0.25) is 14.4 Å². The fourth-order valence-corrected chi connectivity index (χ4v) is 2.70. The lowest BCUT2D eigenvalue weighted by Gasteiger charge is -2.21. The predicted molar refractivity (Wildman–Crippen MR) is 67.8 cm³/mol. The molecule has 1 fully saturated rings. The number of aromatic nitrogens is 2. The molecule has 22 heavy (non-hydrogen) atoms. The molecule has 13 heteroatoms. The van der Waals surface area contributed by atoms with Crippen LogP contribution in [0, 0.1) is 0 Å². The van der Waals surface area contributed by atoms with Crippen molar-refractivity contribution in [1.29, 1.82) is 0 Å². The van der Waals surface area contributed by atoms with Crippen molar-refractivity contribution in [2.24, 2.45) is 0 Å². The number of imidazole rings is 1.